The quantitative estimate of drug-likeness (QED) is 0.691. The third-order valence-corrected chi connectivity index (χ3v) is 6.84. The molecule has 2 fully saturated rings. The summed E-state index contributed by atoms with van der Waals surface area (Å²) in [5, 5.41) is 6.31. The van der Waals surface area contributed by atoms with Crippen LogP contribution in [0.1, 0.15) is 61.0 Å². The summed E-state index contributed by atoms with van der Waals surface area (Å²) in [4.78, 5) is 37.1. The van der Waals surface area contributed by atoms with E-state index < -0.39 is 5.66 Å². The fourth-order valence-corrected chi connectivity index (χ4v) is 5.19. The van der Waals surface area contributed by atoms with E-state index in [0.29, 0.717) is 17.2 Å². The summed E-state index contributed by atoms with van der Waals surface area (Å²) < 4.78 is 1.69. The van der Waals surface area contributed by atoms with Crippen molar-refractivity contribution in [3.63, 3.8) is 0 Å². The van der Waals surface area contributed by atoms with E-state index in [2.05, 4.69) is 25.5 Å². The maximum absolute atomic E-state index is 13.5. The number of rotatable bonds is 3. The van der Waals surface area contributed by atoms with E-state index in [9.17, 15) is 9.59 Å². The number of hydrogen-bond donors (Lipinski definition) is 3. The molecular weight excluding hydrogens is 394 g/mol. The molecule has 9 nitrogen and oxygen atoms in total. The van der Waals surface area contributed by atoms with Crippen LogP contribution in [0.15, 0.2) is 23.3 Å². The minimum atomic E-state index is -0.604. The predicted molar refractivity (Wildman–Crippen MR) is 119 cm³/mol. The average Bonchev–Trinajstić information content (AvgIpc) is 3.05. The second-order valence-corrected chi connectivity index (χ2v) is 8.99. The van der Waals surface area contributed by atoms with Crippen LogP contribution in [0.3, 0.4) is 0 Å². The number of aryl methyl sites for hydroxylation is 1. The van der Waals surface area contributed by atoms with Crippen LogP contribution in [-0.4, -0.2) is 39.6 Å². The second kappa shape index (κ2) is 7.64. The van der Waals surface area contributed by atoms with E-state index in [-0.39, 0.29) is 17.5 Å². The first-order valence-corrected chi connectivity index (χ1v) is 11.2. The predicted octanol–water partition coefficient (Wildman–Crippen LogP) is 1.98. The number of piperidine rings is 1. The second-order valence-electron chi connectivity index (χ2n) is 8.99. The maximum Gasteiger partial charge on any atom is 0.276 e. The maximum atomic E-state index is 13.5. The van der Waals surface area contributed by atoms with E-state index in [1.807, 2.05) is 13.0 Å². The number of nitrogens with one attached hydrogen (secondary N) is 2. The minimum absolute atomic E-state index is 0.157. The molecule has 4 N–H and O–H groups in total. The first-order valence-electron chi connectivity index (χ1n) is 11.2. The van der Waals surface area contributed by atoms with Gasteiger partial charge in [-0.25, -0.2) is 9.97 Å². The summed E-state index contributed by atoms with van der Waals surface area (Å²) in [6.07, 6.45) is 8.06. The van der Waals surface area contributed by atoms with Crippen LogP contribution >= 0.6 is 0 Å². The highest BCUT2D eigenvalue weighted by Gasteiger charge is 2.45. The van der Waals surface area contributed by atoms with Gasteiger partial charge in [-0.3, -0.25) is 14.2 Å². The highest BCUT2D eigenvalue weighted by atomic mass is 16.2. The van der Waals surface area contributed by atoms with Gasteiger partial charge < -0.3 is 21.3 Å². The van der Waals surface area contributed by atoms with E-state index >= 15 is 0 Å². The smallest absolute Gasteiger partial charge is 0.276 e. The highest BCUT2D eigenvalue weighted by Crippen LogP contribution is 2.37. The summed E-state index contributed by atoms with van der Waals surface area (Å²) in [5.41, 5.74) is 6.90. The Morgan fingerprint density at radius 2 is 1.87 bits per heavy atom. The first-order chi connectivity index (χ1) is 15.0. The van der Waals surface area contributed by atoms with Crippen LogP contribution in [0.2, 0.25) is 0 Å². The fraction of sp³-hybridized carbons (Fsp3) is 0.545. The Bertz CT molecular complexity index is 1070. The molecule has 2 aromatic rings. The molecule has 1 spiro atoms. The zero-order valence-corrected chi connectivity index (χ0v) is 17.9. The molecule has 4 heterocycles. The molecule has 9 heteroatoms. The molecule has 2 aliphatic heterocycles. The number of anilines is 3. The van der Waals surface area contributed by atoms with Gasteiger partial charge in [0.25, 0.3) is 11.5 Å². The number of nitrogens with zero attached hydrogens (tertiary/aromatic N) is 4. The molecule has 0 radical (unpaired) electrons. The summed E-state index contributed by atoms with van der Waals surface area (Å²) >= 11 is 0. The lowest BCUT2D eigenvalue weighted by molar-refractivity contribution is 0.0876. The lowest BCUT2D eigenvalue weighted by Crippen LogP contribution is -2.48. The largest absolute Gasteiger partial charge is 0.356 e. The van der Waals surface area contributed by atoms with Crippen LogP contribution in [0, 0.1) is 6.92 Å². The van der Waals surface area contributed by atoms with Gasteiger partial charge in [0.15, 0.2) is 0 Å². The lowest BCUT2D eigenvalue weighted by Gasteiger charge is -2.35. The number of fused-ring (bicyclic) bond motifs is 2. The number of amides is 1. The minimum Gasteiger partial charge on any atom is -0.356 e. The van der Waals surface area contributed by atoms with Gasteiger partial charge in [-0.2, -0.15) is 0 Å². The molecule has 0 unspecified atom stereocenters. The highest BCUT2D eigenvalue weighted by molar-refractivity contribution is 5.97. The molecule has 2 aromatic heterocycles. The van der Waals surface area contributed by atoms with Gasteiger partial charge in [0.1, 0.15) is 35.0 Å². The molecule has 164 valence electrons. The van der Waals surface area contributed by atoms with Gasteiger partial charge in [-0.1, -0.05) is 6.42 Å². The van der Waals surface area contributed by atoms with Crippen molar-refractivity contribution >= 4 is 23.2 Å². The van der Waals surface area contributed by atoms with Crippen LogP contribution in [0.4, 0.5) is 17.3 Å². The molecule has 3 aliphatic rings. The molecule has 0 aromatic carbocycles. The molecule has 1 aliphatic carbocycles. The molecule has 5 rings (SSSR count). The summed E-state index contributed by atoms with van der Waals surface area (Å²) in [6.45, 7) is 3.59. The van der Waals surface area contributed by atoms with Crippen molar-refractivity contribution in [2.24, 2.45) is 5.73 Å². The van der Waals surface area contributed by atoms with Gasteiger partial charge in [0.2, 0.25) is 0 Å². The van der Waals surface area contributed by atoms with Crippen molar-refractivity contribution in [2.75, 3.05) is 23.3 Å². The Morgan fingerprint density at radius 3 is 2.61 bits per heavy atom. The molecule has 31 heavy (non-hydrogen) atoms. The fourth-order valence-electron chi connectivity index (χ4n) is 5.19. The van der Waals surface area contributed by atoms with Crippen molar-refractivity contribution in [1.82, 2.24) is 19.9 Å². The van der Waals surface area contributed by atoms with Gasteiger partial charge in [0, 0.05) is 25.2 Å². The number of carbonyl (C=O) groups excluding carboxylic acids is 1. The summed E-state index contributed by atoms with van der Waals surface area (Å²) in [6, 6.07) is 3.86. The van der Waals surface area contributed by atoms with E-state index in [4.69, 9.17) is 5.73 Å². The van der Waals surface area contributed by atoms with Crippen molar-refractivity contribution in [3.8, 4) is 0 Å². The summed E-state index contributed by atoms with van der Waals surface area (Å²) in [7, 11) is 0. The molecule has 1 amide bonds. The van der Waals surface area contributed by atoms with Crippen LogP contribution in [-0.2, 0) is 5.66 Å². The first kappa shape index (κ1) is 20.0. The SMILES string of the molecule is Cc1cc(Nc2cc(N3CCC(N)CC3)ncn2)c(=O)n2c1C(=O)NC21CCCCC1. The van der Waals surface area contributed by atoms with Crippen LogP contribution in [0.25, 0.3) is 0 Å². The molecule has 1 saturated heterocycles. The van der Waals surface area contributed by atoms with Crippen LogP contribution in [0.5, 0.6) is 0 Å². The molecule has 0 atom stereocenters. The van der Waals surface area contributed by atoms with E-state index in [1.54, 1.807) is 10.6 Å². The van der Waals surface area contributed by atoms with Gasteiger partial charge >= 0.3 is 0 Å². The van der Waals surface area contributed by atoms with Gasteiger partial charge in [0.05, 0.1) is 0 Å². The van der Waals surface area contributed by atoms with Gasteiger partial charge in [-0.15, -0.1) is 0 Å². The lowest BCUT2D eigenvalue weighted by atomic mass is 9.89. The molecular formula is C22H29N7O2. The Balaban J connectivity index is 1.48. The van der Waals surface area contributed by atoms with Crippen LogP contribution < -0.4 is 26.8 Å². The normalized spacial score (nSPS) is 20.6. The zero-order valence-electron chi connectivity index (χ0n) is 17.9. The summed E-state index contributed by atoms with van der Waals surface area (Å²) in [5.74, 6) is 1.23. The van der Waals surface area contributed by atoms with Crippen molar-refractivity contribution in [2.45, 2.75) is 63.6 Å². The van der Waals surface area contributed by atoms with Crippen molar-refractivity contribution in [3.05, 3.63) is 40.1 Å². The molecule has 0 bridgehead atoms. The van der Waals surface area contributed by atoms with Gasteiger partial charge in [-0.05, 0) is 57.1 Å². The number of pyridine rings is 1. The Hall–Kier alpha value is -2.94. The Labute approximate surface area is 181 Å². The average molecular weight is 424 g/mol. The topological polar surface area (TPSA) is 118 Å². The number of hydrogen-bond acceptors (Lipinski definition) is 7. The van der Waals surface area contributed by atoms with Crippen molar-refractivity contribution < 1.29 is 4.79 Å². The van der Waals surface area contributed by atoms with E-state index in [1.165, 1.54) is 6.33 Å². The third-order valence-electron chi connectivity index (χ3n) is 6.84. The Morgan fingerprint density at radius 1 is 1.13 bits per heavy atom. The monoisotopic (exact) mass is 423 g/mol. The number of nitrogens with two attached hydrogens (primary N) is 1. The number of aromatic nitrogens is 3. The Kier molecular flexibility index (Phi) is 4.92. The van der Waals surface area contributed by atoms with Crippen molar-refractivity contribution in [1.29, 1.82) is 0 Å². The molecule has 1 saturated carbocycles. The zero-order chi connectivity index (χ0) is 21.6. The third kappa shape index (κ3) is 3.46. The standard InChI is InChI=1S/C22H29N7O2/c1-14-11-16(21(31)29-19(14)20(30)27-22(29)7-3-2-4-8-22)26-17-12-18(25-13-24-17)28-9-5-15(23)6-10-28/h11-13,15H,2-10,23H2,1H3,(H,27,30)(H,24,25,26). The van der Waals surface area contributed by atoms with E-state index in [0.717, 1.165) is 69.4 Å². The number of carbonyl (C=O) groups is 1.